The number of amides is 2. The highest BCUT2D eigenvalue weighted by Crippen LogP contribution is 2.34. The zero-order chi connectivity index (χ0) is 29.4. The molecule has 210 valence electrons. The summed E-state index contributed by atoms with van der Waals surface area (Å²) in [4.78, 5) is 30.4. The zero-order valence-corrected chi connectivity index (χ0v) is 24.6. The SMILES string of the molecule is Cc1ccc(C)c(NC(=S)N(c2c(C)nn(Cc3ccc(F)cc3)c2C)[C@@H]2CC(=O)N(c3ccccc3C)C2=O)c1. The number of aryl methyl sites for hydroxylation is 4. The molecule has 2 amide bonds. The Morgan fingerprint density at radius 2 is 1.71 bits per heavy atom. The van der Waals surface area contributed by atoms with E-state index >= 15 is 0 Å². The number of thiocarbonyl (C=S) groups is 1. The standard InChI is InChI=1S/C32H32FN5O2S/c1-19-10-11-20(2)26(16-19)34-32(41)38(28-17-29(39)37(31(28)40)27-9-7-6-8-21(27)3)30-22(4)35-36(23(30)5)18-24-12-14-25(33)15-13-24/h6-16,28H,17-18H2,1-5H3,(H,34,41)/t28-/m1/s1. The van der Waals surface area contributed by atoms with Crippen LogP contribution >= 0.6 is 12.2 Å². The quantitative estimate of drug-likeness (QED) is 0.222. The fraction of sp³-hybridized carbons (Fsp3) is 0.250. The fourth-order valence-corrected chi connectivity index (χ4v) is 5.61. The highest BCUT2D eigenvalue weighted by molar-refractivity contribution is 7.80. The highest BCUT2D eigenvalue weighted by Gasteiger charge is 2.46. The number of benzene rings is 3. The summed E-state index contributed by atoms with van der Waals surface area (Å²) in [6, 6.07) is 18.8. The van der Waals surface area contributed by atoms with Crippen molar-refractivity contribution >= 4 is 46.2 Å². The Morgan fingerprint density at radius 1 is 1.00 bits per heavy atom. The Balaban J connectivity index is 1.57. The van der Waals surface area contributed by atoms with Crippen LogP contribution in [0.5, 0.6) is 0 Å². The first-order valence-corrected chi connectivity index (χ1v) is 13.8. The van der Waals surface area contributed by atoms with Crippen LogP contribution < -0.4 is 15.1 Å². The Kier molecular flexibility index (Phi) is 7.73. The molecule has 7 nitrogen and oxygen atoms in total. The number of aromatic nitrogens is 2. The molecule has 4 aromatic rings. The predicted octanol–water partition coefficient (Wildman–Crippen LogP) is 6.15. The lowest BCUT2D eigenvalue weighted by atomic mass is 10.1. The molecule has 1 fully saturated rings. The number of nitrogens with zero attached hydrogens (tertiary/aromatic N) is 4. The molecule has 1 N–H and O–H groups in total. The molecule has 0 unspecified atom stereocenters. The van der Waals surface area contributed by atoms with E-state index < -0.39 is 6.04 Å². The molecular weight excluding hydrogens is 537 g/mol. The lowest BCUT2D eigenvalue weighted by Gasteiger charge is -2.31. The van der Waals surface area contributed by atoms with Gasteiger partial charge in [-0.1, -0.05) is 42.5 Å². The molecule has 2 heterocycles. The van der Waals surface area contributed by atoms with Crippen LogP contribution in [0, 0.1) is 40.4 Å². The van der Waals surface area contributed by atoms with Crippen molar-refractivity contribution in [3.05, 3.63) is 106 Å². The second-order valence-electron chi connectivity index (χ2n) is 10.5. The van der Waals surface area contributed by atoms with Crippen LogP contribution in [0.25, 0.3) is 0 Å². The Labute approximate surface area is 244 Å². The van der Waals surface area contributed by atoms with Crippen molar-refractivity contribution in [1.29, 1.82) is 0 Å². The van der Waals surface area contributed by atoms with Gasteiger partial charge < -0.3 is 10.2 Å². The number of anilines is 3. The van der Waals surface area contributed by atoms with E-state index in [4.69, 9.17) is 17.3 Å². The van der Waals surface area contributed by atoms with E-state index in [0.717, 1.165) is 33.6 Å². The van der Waals surface area contributed by atoms with Crippen LogP contribution in [0.4, 0.5) is 21.5 Å². The van der Waals surface area contributed by atoms with Gasteiger partial charge in [0.2, 0.25) is 5.91 Å². The lowest BCUT2D eigenvalue weighted by molar-refractivity contribution is -0.121. The number of halogens is 1. The minimum Gasteiger partial charge on any atom is -0.332 e. The molecule has 0 aliphatic carbocycles. The lowest BCUT2D eigenvalue weighted by Crippen LogP contribution is -2.48. The molecule has 1 aromatic heterocycles. The summed E-state index contributed by atoms with van der Waals surface area (Å²) >= 11 is 5.98. The number of hydrogen-bond donors (Lipinski definition) is 1. The van der Waals surface area contributed by atoms with Crippen molar-refractivity contribution in [2.45, 2.75) is 53.6 Å². The van der Waals surface area contributed by atoms with E-state index in [1.807, 2.05) is 75.7 Å². The third-order valence-corrected chi connectivity index (χ3v) is 7.77. The first kappa shape index (κ1) is 28.2. The molecule has 9 heteroatoms. The predicted molar refractivity (Wildman–Crippen MR) is 164 cm³/mol. The number of nitrogens with one attached hydrogen (secondary N) is 1. The van der Waals surface area contributed by atoms with Gasteiger partial charge >= 0.3 is 0 Å². The number of para-hydroxylation sites is 1. The molecule has 41 heavy (non-hydrogen) atoms. The maximum atomic E-state index is 14.0. The second-order valence-corrected chi connectivity index (χ2v) is 10.9. The highest BCUT2D eigenvalue weighted by atomic mass is 32.1. The maximum absolute atomic E-state index is 14.0. The minimum absolute atomic E-state index is 0.0379. The molecule has 0 radical (unpaired) electrons. The molecule has 1 aliphatic heterocycles. The van der Waals surface area contributed by atoms with Crippen LogP contribution in [0.15, 0.2) is 66.7 Å². The molecule has 5 rings (SSSR count). The summed E-state index contributed by atoms with van der Waals surface area (Å²) in [5.41, 5.74) is 7.24. The average molecular weight is 570 g/mol. The Bertz CT molecular complexity index is 1660. The van der Waals surface area contributed by atoms with E-state index in [1.165, 1.54) is 17.0 Å². The van der Waals surface area contributed by atoms with Crippen LogP contribution in [0.3, 0.4) is 0 Å². The fourth-order valence-electron chi connectivity index (χ4n) is 5.28. The normalized spacial score (nSPS) is 15.0. The molecule has 1 aliphatic rings. The van der Waals surface area contributed by atoms with Gasteiger partial charge in [0.05, 0.1) is 35.7 Å². The molecule has 1 saturated heterocycles. The molecule has 0 bridgehead atoms. The Morgan fingerprint density at radius 3 is 2.41 bits per heavy atom. The van der Waals surface area contributed by atoms with Gasteiger partial charge in [-0.05, 0) is 93.4 Å². The van der Waals surface area contributed by atoms with Gasteiger partial charge in [0.25, 0.3) is 5.91 Å². The number of carbonyl (C=O) groups is 2. The third-order valence-electron chi connectivity index (χ3n) is 7.47. The van der Waals surface area contributed by atoms with Crippen LogP contribution in [0.2, 0.25) is 0 Å². The van der Waals surface area contributed by atoms with Gasteiger partial charge in [0.1, 0.15) is 11.9 Å². The number of carbonyl (C=O) groups excluding carboxylic acids is 2. The van der Waals surface area contributed by atoms with Gasteiger partial charge in [-0.2, -0.15) is 5.10 Å². The number of hydrogen-bond acceptors (Lipinski definition) is 4. The largest absolute Gasteiger partial charge is 0.332 e. The van der Waals surface area contributed by atoms with Crippen molar-refractivity contribution in [2.75, 3.05) is 15.1 Å². The summed E-state index contributed by atoms with van der Waals surface area (Å²) in [6.45, 7) is 10.0. The van der Waals surface area contributed by atoms with Crippen molar-refractivity contribution in [2.24, 2.45) is 0 Å². The number of imide groups is 1. The van der Waals surface area contributed by atoms with Gasteiger partial charge in [0.15, 0.2) is 5.11 Å². The third kappa shape index (κ3) is 5.50. The molecule has 1 atom stereocenters. The second kappa shape index (κ2) is 11.2. The summed E-state index contributed by atoms with van der Waals surface area (Å²) in [6.07, 6.45) is -0.0379. The van der Waals surface area contributed by atoms with Crippen molar-refractivity contribution in [1.82, 2.24) is 9.78 Å². The molecular formula is C32H32FN5O2S. The summed E-state index contributed by atoms with van der Waals surface area (Å²) in [5, 5.41) is 8.40. The molecule has 0 spiro atoms. The Hall–Kier alpha value is -4.37. The minimum atomic E-state index is -0.868. The zero-order valence-electron chi connectivity index (χ0n) is 23.7. The van der Waals surface area contributed by atoms with E-state index in [0.29, 0.717) is 28.7 Å². The first-order chi connectivity index (χ1) is 19.5. The smallest absolute Gasteiger partial charge is 0.257 e. The monoisotopic (exact) mass is 569 g/mol. The van der Waals surface area contributed by atoms with Gasteiger partial charge in [-0.25, -0.2) is 9.29 Å². The first-order valence-electron chi connectivity index (χ1n) is 13.4. The topological polar surface area (TPSA) is 70.5 Å². The summed E-state index contributed by atoms with van der Waals surface area (Å²) in [5.74, 6) is -0.943. The van der Waals surface area contributed by atoms with Crippen LogP contribution in [0.1, 0.15) is 40.1 Å². The summed E-state index contributed by atoms with van der Waals surface area (Å²) < 4.78 is 15.3. The van der Waals surface area contributed by atoms with Gasteiger partial charge in [-0.15, -0.1) is 0 Å². The number of rotatable bonds is 6. The van der Waals surface area contributed by atoms with Crippen molar-refractivity contribution in [3.8, 4) is 0 Å². The van der Waals surface area contributed by atoms with Crippen LogP contribution in [-0.4, -0.2) is 32.7 Å². The van der Waals surface area contributed by atoms with E-state index in [-0.39, 0.29) is 24.1 Å². The molecule has 3 aromatic carbocycles. The summed E-state index contributed by atoms with van der Waals surface area (Å²) in [7, 11) is 0. The van der Waals surface area contributed by atoms with Crippen molar-refractivity contribution in [3.63, 3.8) is 0 Å². The van der Waals surface area contributed by atoms with Gasteiger partial charge in [0, 0.05) is 5.69 Å². The van der Waals surface area contributed by atoms with Gasteiger partial charge in [-0.3, -0.25) is 14.3 Å². The van der Waals surface area contributed by atoms with E-state index in [9.17, 15) is 14.0 Å². The molecule has 0 saturated carbocycles. The van der Waals surface area contributed by atoms with Crippen molar-refractivity contribution < 1.29 is 14.0 Å². The van der Waals surface area contributed by atoms with E-state index in [2.05, 4.69) is 5.32 Å². The maximum Gasteiger partial charge on any atom is 0.257 e. The average Bonchev–Trinajstić information content (AvgIpc) is 3.37. The van der Waals surface area contributed by atoms with E-state index in [1.54, 1.807) is 23.1 Å². The van der Waals surface area contributed by atoms with Crippen LogP contribution in [-0.2, 0) is 16.1 Å².